The number of fused-ring (bicyclic) bond motifs is 1. The number of hydrogen-bond acceptors (Lipinski definition) is 2. The summed E-state index contributed by atoms with van der Waals surface area (Å²) >= 11 is 12.4. The molecule has 0 aliphatic carbocycles. The quantitative estimate of drug-likeness (QED) is 0.915. The molecule has 2 fully saturated rings. The number of benzene rings is 1. The Kier molecular flexibility index (Phi) is 4.33. The summed E-state index contributed by atoms with van der Waals surface area (Å²) in [5.74, 6) is 0. The number of piperidine rings is 1. The lowest BCUT2D eigenvalue weighted by Crippen LogP contribution is -2.45. The van der Waals surface area contributed by atoms with Crippen LogP contribution >= 0.6 is 23.2 Å². The van der Waals surface area contributed by atoms with Gasteiger partial charge in [0.05, 0.1) is 0 Å². The summed E-state index contributed by atoms with van der Waals surface area (Å²) in [5.41, 5.74) is 1.03. The van der Waals surface area contributed by atoms with E-state index in [1.807, 2.05) is 18.2 Å². The van der Waals surface area contributed by atoms with E-state index < -0.39 is 0 Å². The molecular weight excluding hydrogens is 279 g/mol. The molecular formula is C15H20Cl2N2. The van der Waals surface area contributed by atoms with Gasteiger partial charge >= 0.3 is 0 Å². The van der Waals surface area contributed by atoms with Crippen molar-refractivity contribution in [3.8, 4) is 0 Å². The van der Waals surface area contributed by atoms with Gasteiger partial charge in [0.15, 0.2) is 0 Å². The highest BCUT2D eigenvalue weighted by molar-refractivity contribution is 6.35. The van der Waals surface area contributed by atoms with Crippen LogP contribution in [0, 0.1) is 0 Å². The molecule has 1 aromatic carbocycles. The lowest BCUT2D eigenvalue weighted by Gasteiger charge is -2.35. The van der Waals surface area contributed by atoms with E-state index in [1.54, 1.807) is 0 Å². The second-order valence-corrected chi connectivity index (χ2v) is 6.45. The Bertz CT molecular complexity index is 430. The zero-order valence-corrected chi connectivity index (χ0v) is 12.6. The third-order valence-corrected chi connectivity index (χ3v) is 5.16. The first-order valence-electron chi connectivity index (χ1n) is 7.14. The van der Waals surface area contributed by atoms with E-state index in [0.717, 1.165) is 28.2 Å². The fraction of sp³-hybridized carbons (Fsp3) is 0.600. The fourth-order valence-corrected chi connectivity index (χ4v) is 3.89. The van der Waals surface area contributed by atoms with Crippen molar-refractivity contribution in [1.29, 1.82) is 0 Å². The molecule has 2 atom stereocenters. The molecule has 2 saturated heterocycles. The van der Waals surface area contributed by atoms with E-state index in [9.17, 15) is 0 Å². The number of nitrogens with zero attached hydrogens (tertiary/aromatic N) is 1. The minimum Gasteiger partial charge on any atom is -0.310 e. The van der Waals surface area contributed by atoms with Gasteiger partial charge in [-0.1, -0.05) is 29.3 Å². The monoisotopic (exact) mass is 298 g/mol. The van der Waals surface area contributed by atoms with Gasteiger partial charge in [0.1, 0.15) is 0 Å². The van der Waals surface area contributed by atoms with Crippen molar-refractivity contribution in [1.82, 2.24) is 10.2 Å². The average molecular weight is 299 g/mol. The highest BCUT2D eigenvalue weighted by Gasteiger charge is 2.31. The molecule has 1 aromatic rings. The predicted octanol–water partition coefficient (Wildman–Crippen LogP) is 3.71. The van der Waals surface area contributed by atoms with Gasteiger partial charge < -0.3 is 10.2 Å². The normalized spacial score (nSPS) is 27.5. The highest BCUT2D eigenvalue weighted by Crippen LogP contribution is 2.28. The first kappa shape index (κ1) is 13.7. The smallest absolute Gasteiger partial charge is 0.0465 e. The van der Waals surface area contributed by atoms with Crippen molar-refractivity contribution in [3.05, 3.63) is 33.8 Å². The fourth-order valence-electron chi connectivity index (χ4n) is 3.36. The Morgan fingerprint density at radius 3 is 2.74 bits per heavy atom. The van der Waals surface area contributed by atoms with Crippen molar-refractivity contribution in [2.24, 2.45) is 0 Å². The molecule has 0 spiro atoms. The van der Waals surface area contributed by atoms with Crippen LogP contribution in [0.25, 0.3) is 0 Å². The molecule has 19 heavy (non-hydrogen) atoms. The van der Waals surface area contributed by atoms with Gasteiger partial charge in [0, 0.05) is 34.2 Å². The minimum atomic E-state index is 0.603. The molecule has 2 unspecified atom stereocenters. The Labute approximate surface area is 125 Å². The molecule has 2 nitrogen and oxygen atoms in total. The third kappa shape index (κ3) is 3.08. The molecule has 0 radical (unpaired) electrons. The zero-order valence-electron chi connectivity index (χ0n) is 11.0. The molecule has 0 aromatic heterocycles. The SMILES string of the molecule is Clc1cccc(Cl)c1CNC1CCN2CCCC2C1. The molecule has 2 aliphatic rings. The first-order chi connectivity index (χ1) is 9.24. The molecule has 0 amide bonds. The molecule has 3 rings (SSSR count). The summed E-state index contributed by atoms with van der Waals surface area (Å²) in [4.78, 5) is 2.64. The second-order valence-electron chi connectivity index (χ2n) is 5.63. The van der Waals surface area contributed by atoms with Gasteiger partial charge in [-0.05, 0) is 50.9 Å². The van der Waals surface area contributed by atoms with E-state index >= 15 is 0 Å². The Hall–Kier alpha value is -0.280. The Morgan fingerprint density at radius 2 is 1.95 bits per heavy atom. The summed E-state index contributed by atoms with van der Waals surface area (Å²) in [7, 11) is 0. The molecule has 104 valence electrons. The molecule has 1 N–H and O–H groups in total. The van der Waals surface area contributed by atoms with Crippen molar-refractivity contribution in [2.75, 3.05) is 13.1 Å². The topological polar surface area (TPSA) is 15.3 Å². The maximum absolute atomic E-state index is 6.20. The van der Waals surface area contributed by atoms with Gasteiger partial charge in [-0.2, -0.15) is 0 Å². The highest BCUT2D eigenvalue weighted by atomic mass is 35.5. The molecule has 2 heterocycles. The van der Waals surface area contributed by atoms with Crippen LogP contribution in [0.1, 0.15) is 31.2 Å². The molecule has 0 saturated carbocycles. The van der Waals surface area contributed by atoms with Crippen LogP contribution in [0.5, 0.6) is 0 Å². The van der Waals surface area contributed by atoms with Crippen LogP contribution < -0.4 is 5.32 Å². The van der Waals surface area contributed by atoms with E-state index in [-0.39, 0.29) is 0 Å². The van der Waals surface area contributed by atoms with E-state index in [1.165, 1.54) is 38.8 Å². The van der Waals surface area contributed by atoms with Crippen LogP contribution in [0.4, 0.5) is 0 Å². The van der Waals surface area contributed by atoms with Gasteiger partial charge in [-0.3, -0.25) is 0 Å². The van der Waals surface area contributed by atoms with Gasteiger partial charge in [-0.15, -0.1) is 0 Å². The van der Waals surface area contributed by atoms with E-state index in [2.05, 4.69) is 10.2 Å². The maximum atomic E-state index is 6.20. The van der Waals surface area contributed by atoms with Gasteiger partial charge in [-0.25, -0.2) is 0 Å². The summed E-state index contributed by atoms with van der Waals surface area (Å²) in [6.45, 7) is 3.31. The van der Waals surface area contributed by atoms with Crippen molar-refractivity contribution in [3.63, 3.8) is 0 Å². The number of halogens is 2. The zero-order chi connectivity index (χ0) is 13.2. The summed E-state index contributed by atoms with van der Waals surface area (Å²) in [6, 6.07) is 7.11. The third-order valence-electron chi connectivity index (χ3n) is 4.45. The van der Waals surface area contributed by atoms with Gasteiger partial charge in [0.2, 0.25) is 0 Å². The number of rotatable bonds is 3. The van der Waals surface area contributed by atoms with Crippen LogP contribution in [0.15, 0.2) is 18.2 Å². The van der Waals surface area contributed by atoms with Crippen molar-refractivity contribution in [2.45, 2.75) is 44.3 Å². The summed E-state index contributed by atoms with van der Waals surface area (Å²) in [5, 5.41) is 5.16. The van der Waals surface area contributed by atoms with Gasteiger partial charge in [0.25, 0.3) is 0 Å². The largest absolute Gasteiger partial charge is 0.310 e. The van der Waals surface area contributed by atoms with Crippen molar-refractivity contribution >= 4 is 23.2 Å². The van der Waals surface area contributed by atoms with Crippen LogP contribution in [0.3, 0.4) is 0 Å². The van der Waals surface area contributed by atoms with E-state index in [0.29, 0.717) is 6.04 Å². The standard InChI is InChI=1S/C15H20Cl2N2/c16-14-4-1-5-15(17)13(14)10-18-11-6-8-19-7-2-3-12(19)9-11/h1,4-5,11-12,18H,2-3,6-10H2. The lowest BCUT2D eigenvalue weighted by atomic mass is 9.97. The predicted molar refractivity (Wildman–Crippen MR) is 80.9 cm³/mol. The molecule has 0 bridgehead atoms. The Morgan fingerprint density at radius 1 is 1.16 bits per heavy atom. The molecule has 4 heteroatoms. The molecule has 2 aliphatic heterocycles. The minimum absolute atomic E-state index is 0.603. The second kappa shape index (κ2) is 6.01. The van der Waals surface area contributed by atoms with Crippen molar-refractivity contribution < 1.29 is 0 Å². The van der Waals surface area contributed by atoms with Crippen LogP contribution in [0.2, 0.25) is 10.0 Å². The lowest BCUT2D eigenvalue weighted by molar-refractivity contribution is 0.166. The summed E-state index contributed by atoms with van der Waals surface area (Å²) < 4.78 is 0. The van der Waals surface area contributed by atoms with Crippen LogP contribution in [-0.2, 0) is 6.54 Å². The van der Waals surface area contributed by atoms with E-state index in [4.69, 9.17) is 23.2 Å². The average Bonchev–Trinajstić information content (AvgIpc) is 2.85. The number of hydrogen-bond donors (Lipinski definition) is 1. The maximum Gasteiger partial charge on any atom is 0.0465 e. The Balaban J connectivity index is 1.58. The first-order valence-corrected chi connectivity index (χ1v) is 7.90. The summed E-state index contributed by atoms with van der Waals surface area (Å²) in [6.07, 6.45) is 5.24. The van der Waals surface area contributed by atoms with Crippen LogP contribution in [-0.4, -0.2) is 30.1 Å². The number of nitrogens with one attached hydrogen (secondary N) is 1.